The second-order valence-corrected chi connectivity index (χ2v) is 5.24. The molecule has 0 heterocycles. The third kappa shape index (κ3) is 2.82. The van der Waals surface area contributed by atoms with Crippen molar-refractivity contribution in [3.63, 3.8) is 0 Å². The lowest BCUT2D eigenvalue weighted by molar-refractivity contribution is -0.117. The van der Waals surface area contributed by atoms with Crippen molar-refractivity contribution in [3.05, 3.63) is 41.4 Å². The van der Waals surface area contributed by atoms with Gasteiger partial charge in [0.05, 0.1) is 12.1 Å². The summed E-state index contributed by atoms with van der Waals surface area (Å²) in [6, 6.07) is 7.34. The van der Waals surface area contributed by atoms with E-state index in [4.69, 9.17) is 16.3 Å². The lowest BCUT2D eigenvalue weighted by atomic mass is 10.0. The Kier molecular flexibility index (Phi) is 4.27. The maximum atomic E-state index is 12.0. The van der Waals surface area contributed by atoms with E-state index in [0.717, 1.165) is 5.69 Å². The van der Waals surface area contributed by atoms with Crippen LogP contribution in [-0.4, -0.2) is 25.2 Å². The summed E-state index contributed by atoms with van der Waals surface area (Å²) >= 11 is 5.89. The zero-order valence-corrected chi connectivity index (χ0v) is 12.1. The number of anilines is 1. The Morgan fingerprint density at radius 3 is 2.37 bits per heavy atom. The zero-order chi connectivity index (χ0) is 14.0. The maximum absolute atomic E-state index is 12.0. The van der Waals surface area contributed by atoms with E-state index in [-0.39, 0.29) is 24.0 Å². The third-order valence-corrected chi connectivity index (χ3v) is 3.82. The number of methoxy groups -OCH3 is 1. The fourth-order valence-electron chi connectivity index (χ4n) is 2.55. The van der Waals surface area contributed by atoms with Gasteiger partial charge in [-0.1, -0.05) is 30.7 Å². The van der Waals surface area contributed by atoms with Crippen molar-refractivity contribution < 1.29 is 9.53 Å². The highest BCUT2D eigenvalue weighted by atomic mass is 35.5. The number of nitrogens with zero attached hydrogens (tertiary/aromatic N) is 1. The lowest BCUT2D eigenvalue weighted by Gasteiger charge is -2.31. The van der Waals surface area contributed by atoms with Crippen LogP contribution in [0.5, 0.6) is 0 Å². The van der Waals surface area contributed by atoms with E-state index in [1.54, 1.807) is 31.1 Å². The van der Waals surface area contributed by atoms with Gasteiger partial charge in [-0.05, 0) is 24.3 Å². The summed E-state index contributed by atoms with van der Waals surface area (Å²) in [6.07, 6.45) is 4.11. The highest BCUT2D eigenvalue weighted by molar-refractivity contribution is 6.30. The van der Waals surface area contributed by atoms with E-state index in [9.17, 15) is 4.79 Å². The molecule has 0 aromatic heterocycles. The minimum absolute atomic E-state index is 0.0144. The SMILES string of the molecule is CO[C@@H]1C=C[C@@H](N(C(C)=O)c2ccc(Cl)cc2)[C@H]1C. The first kappa shape index (κ1) is 14.1. The van der Waals surface area contributed by atoms with E-state index < -0.39 is 0 Å². The first-order chi connectivity index (χ1) is 9.04. The summed E-state index contributed by atoms with van der Waals surface area (Å²) in [5.41, 5.74) is 0.857. The van der Waals surface area contributed by atoms with Gasteiger partial charge in [0, 0.05) is 30.7 Å². The Balaban J connectivity index is 2.29. The van der Waals surface area contributed by atoms with Crippen LogP contribution in [0, 0.1) is 5.92 Å². The van der Waals surface area contributed by atoms with Gasteiger partial charge in [0.15, 0.2) is 0 Å². The van der Waals surface area contributed by atoms with E-state index in [1.807, 2.05) is 24.3 Å². The topological polar surface area (TPSA) is 29.5 Å². The number of rotatable bonds is 3. The Bertz CT molecular complexity index is 483. The average molecular weight is 280 g/mol. The molecule has 3 nitrogen and oxygen atoms in total. The van der Waals surface area contributed by atoms with Gasteiger partial charge in [0.2, 0.25) is 5.91 Å². The largest absolute Gasteiger partial charge is 0.377 e. The lowest BCUT2D eigenvalue weighted by Crippen LogP contribution is -2.42. The summed E-state index contributed by atoms with van der Waals surface area (Å²) in [6.45, 7) is 3.67. The van der Waals surface area contributed by atoms with E-state index in [2.05, 4.69) is 6.92 Å². The minimum atomic E-state index is 0.0144. The molecule has 1 aliphatic carbocycles. The second-order valence-electron chi connectivity index (χ2n) is 4.80. The molecule has 0 saturated heterocycles. The molecule has 1 aliphatic rings. The van der Waals surface area contributed by atoms with Crippen LogP contribution in [0.2, 0.25) is 5.02 Å². The number of halogens is 1. The summed E-state index contributed by atoms with van der Waals surface area (Å²) in [4.78, 5) is 13.8. The molecule has 2 rings (SSSR count). The first-order valence-corrected chi connectivity index (χ1v) is 6.69. The van der Waals surface area contributed by atoms with Crippen molar-refractivity contribution in [1.82, 2.24) is 0 Å². The van der Waals surface area contributed by atoms with Crippen LogP contribution in [0.15, 0.2) is 36.4 Å². The van der Waals surface area contributed by atoms with Crippen molar-refractivity contribution in [2.24, 2.45) is 5.92 Å². The zero-order valence-electron chi connectivity index (χ0n) is 11.3. The second kappa shape index (κ2) is 5.76. The van der Waals surface area contributed by atoms with Crippen molar-refractivity contribution >= 4 is 23.2 Å². The quantitative estimate of drug-likeness (QED) is 0.795. The van der Waals surface area contributed by atoms with E-state index in [1.165, 1.54) is 0 Å². The molecular weight excluding hydrogens is 262 g/mol. The van der Waals surface area contributed by atoms with Crippen molar-refractivity contribution in [1.29, 1.82) is 0 Å². The normalized spacial score (nSPS) is 25.6. The fraction of sp³-hybridized carbons (Fsp3) is 0.400. The van der Waals surface area contributed by atoms with Gasteiger partial charge in [0.25, 0.3) is 0 Å². The minimum Gasteiger partial charge on any atom is -0.377 e. The number of carbonyl (C=O) groups excluding carboxylic acids is 1. The van der Waals surface area contributed by atoms with E-state index >= 15 is 0 Å². The highest BCUT2D eigenvalue weighted by Crippen LogP contribution is 2.30. The number of hydrogen-bond acceptors (Lipinski definition) is 2. The molecule has 19 heavy (non-hydrogen) atoms. The van der Waals surface area contributed by atoms with Crippen LogP contribution in [0.3, 0.4) is 0 Å². The smallest absolute Gasteiger partial charge is 0.224 e. The summed E-state index contributed by atoms with van der Waals surface area (Å²) in [5, 5.41) is 0.664. The fourth-order valence-corrected chi connectivity index (χ4v) is 2.67. The van der Waals surface area contributed by atoms with Gasteiger partial charge >= 0.3 is 0 Å². The number of benzene rings is 1. The average Bonchev–Trinajstić information content (AvgIpc) is 2.73. The molecule has 3 atom stereocenters. The molecule has 4 heteroatoms. The highest BCUT2D eigenvalue weighted by Gasteiger charge is 2.34. The maximum Gasteiger partial charge on any atom is 0.224 e. The Morgan fingerprint density at radius 2 is 1.89 bits per heavy atom. The van der Waals surface area contributed by atoms with E-state index in [0.29, 0.717) is 5.02 Å². The summed E-state index contributed by atoms with van der Waals surface area (Å²) in [5.74, 6) is 0.241. The molecule has 0 unspecified atom stereocenters. The molecule has 1 aromatic carbocycles. The van der Waals surface area contributed by atoms with Crippen LogP contribution in [0.25, 0.3) is 0 Å². The molecule has 0 fully saturated rings. The van der Waals surface area contributed by atoms with Crippen molar-refractivity contribution in [2.75, 3.05) is 12.0 Å². The predicted octanol–water partition coefficient (Wildman–Crippen LogP) is 3.28. The molecule has 0 bridgehead atoms. The number of hydrogen-bond donors (Lipinski definition) is 0. The molecule has 0 radical (unpaired) electrons. The van der Waals surface area contributed by atoms with Crippen LogP contribution in [-0.2, 0) is 9.53 Å². The van der Waals surface area contributed by atoms with Gasteiger partial charge in [0.1, 0.15) is 0 Å². The summed E-state index contributed by atoms with van der Waals surface area (Å²) < 4.78 is 5.39. The van der Waals surface area contributed by atoms with Gasteiger partial charge < -0.3 is 9.64 Å². The van der Waals surface area contributed by atoms with Gasteiger partial charge in [-0.3, -0.25) is 4.79 Å². The van der Waals surface area contributed by atoms with Crippen LogP contribution in [0.1, 0.15) is 13.8 Å². The molecule has 1 aromatic rings. The molecule has 1 amide bonds. The van der Waals surface area contributed by atoms with Gasteiger partial charge in [-0.2, -0.15) is 0 Å². The van der Waals surface area contributed by atoms with Crippen LogP contribution < -0.4 is 4.90 Å². The van der Waals surface area contributed by atoms with Crippen LogP contribution in [0.4, 0.5) is 5.69 Å². The summed E-state index contributed by atoms with van der Waals surface area (Å²) in [7, 11) is 1.69. The standard InChI is InChI=1S/C15H18ClNO2/c1-10-14(8-9-15(10)19-3)17(11(2)18)13-6-4-12(16)5-7-13/h4-10,14-15H,1-3H3/t10-,14-,15-/m1/s1. The third-order valence-electron chi connectivity index (χ3n) is 3.57. The van der Waals surface area contributed by atoms with Gasteiger partial charge in [-0.15, -0.1) is 0 Å². The first-order valence-electron chi connectivity index (χ1n) is 6.31. The molecule has 0 saturated carbocycles. The van der Waals surface area contributed by atoms with Crippen molar-refractivity contribution in [2.45, 2.75) is 26.0 Å². The molecular formula is C15H18ClNO2. The molecule has 0 aliphatic heterocycles. The number of ether oxygens (including phenoxy) is 1. The van der Waals surface area contributed by atoms with Crippen molar-refractivity contribution in [3.8, 4) is 0 Å². The predicted molar refractivity (Wildman–Crippen MR) is 77.5 cm³/mol. The number of carbonyl (C=O) groups is 1. The molecule has 102 valence electrons. The van der Waals surface area contributed by atoms with Gasteiger partial charge in [-0.25, -0.2) is 0 Å². The molecule has 0 spiro atoms. The Hall–Kier alpha value is -1.32. The number of amides is 1. The van der Waals surface area contributed by atoms with Crippen LogP contribution >= 0.6 is 11.6 Å². The Morgan fingerprint density at radius 1 is 1.26 bits per heavy atom. The monoisotopic (exact) mass is 279 g/mol. The molecule has 0 N–H and O–H groups in total. The Labute approximate surface area is 118 Å².